The number of para-hydroxylation sites is 1. The molecule has 8 heteroatoms. The van der Waals surface area contributed by atoms with Crippen LogP contribution in [0, 0.1) is 12.8 Å². The number of nitrogens with two attached hydrogens (primary N) is 1. The highest BCUT2D eigenvalue weighted by atomic mass is 32.2. The summed E-state index contributed by atoms with van der Waals surface area (Å²) < 4.78 is 28.8. The number of hydrogen-bond donors (Lipinski definition) is 2. The maximum atomic E-state index is 13.5. The molecule has 6 nitrogen and oxygen atoms in total. The summed E-state index contributed by atoms with van der Waals surface area (Å²) in [7, 11) is -3.91. The van der Waals surface area contributed by atoms with Crippen LogP contribution in [-0.2, 0) is 10.0 Å². The fraction of sp³-hybridized carbons (Fsp3) is 0.278. The number of phenols is 1. The van der Waals surface area contributed by atoms with E-state index < -0.39 is 10.0 Å². The van der Waals surface area contributed by atoms with Crippen LogP contribution in [0.4, 0.5) is 10.8 Å². The molecular formula is C18H21N3O3S2. The van der Waals surface area contributed by atoms with Gasteiger partial charge in [-0.05, 0) is 36.6 Å². The van der Waals surface area contributed by atoms with Crippen LogP contribution in [0.25, 0.3) is 10.2 Å². The largest absolute Gasteiger partial charge is 0.505 e. The number of thiazole rings is 1. The molecule has 1 heterocycles. The second kappa shape index (κ2) is 6.77. The lowest BCUT2D eigenvalue weighted by molar-refractivity contribution is 0.470. The van der Waals surface area contributed by atoms with Crippen molar-refractivity contribution >= 4 is 42.4 Å². The Morgan fingerprint density at radius 2 is 1.92 bits per heavy atom. The first-order valence-corrected chi connectivity index (χ1v) is 10.4. The molecular weight excluding hydrogens is 370 g/mol. The number of aromatic nitrogens is 1. The van der Waals surface area contributed by atoms with E-state index in [0.29, 0.717) is 20.9 Å². The number of anilines is 2. The van der Waals surface area contributed by atoms with E-state index >= 15 is 0 Å². The van der Waals surface area contributed by atoms with Crippen LogP contribution < -0.4 is 10.0 Å². The van der Waals surface area contributed by atoms with Crippen molar-refractivity contribution in [1.29, 1.82) is 0 Å². The van der Waals surface area contributed by atoms with Gasteiger partial charge in [-0.2, -0.15) is 0 Å². The zero-order valence-electron chi connectivity index (χ0n) is 14.8. The molecule has 0 atom stereocenters. The number of hydrogen-bond acceptors (Lipinski definition) is 6. The summed E-state index contributed by atoms with van der Waals surface area (Å²) in [6.45, 7) is 5.84. The van der Waals surface area contributed by atoms with Gasteiger partial charge in [-0.15, -0.1) is 0 Å². The highest BCUT2D eigenvalue weighted by Crippen LogP contribution is 2.37. The molecule has 138 valence electrons. The molecule has 0 radical (unpaired) electrons. The number of rotatable bonds is 5. The number of fused-ring (bicyclic) bond motifs is 1. The molecule has 1 aromatic heterocycles. The minimum absolute atomic E-state index is 0.0345. The molecule has 0 aliphatic heterocycles. The predicted molar refractivity (Wildman–Crippen MR) is 106 cm³/mol. The molecule has 2 aromatic carbocycles. The third-order valence-corrected chi connectivity index (χ3v) is 6.86. The fourth-order valence-corrected chi connectivity index (χ4v) is 5.67. The van der Waals surface area contributed by atoms with Crippen molar-refractivity contribution in [3.8, 4) is 5.75 Å². The highest BCUT2D eigenvalue weighted by molar-refractivity contribution is 7.93. The maximum absolute atomic E-state index is 13.5. The first kappa shape index (κ1) is 18.5. The topological polar surface area (TPSA) is 96.5 Å². The van der Waals surface area contributed by atoms with E-state index in [1.807, 2.05) is 13.8 Å². The van der Waals surface area contributed by atoms with Gasteiger partial charge in [-0.25, -0.2) is 13.4 Å². The van der Waals surface area contributed by atoms with E-state index in [0.717, 1.165) is 11.3 Å². The van der Waals surface area contributed by atoms with Crippen LogP contribution >= 0.6 is 11.3 Å². The van der Waals surface area contributed by atoms with Gasteiger partial charge in [0, 0.05) is 6.54 Å². The summed E-state index contributed by atoms with van der Waals surface area (Å²) in [5.41, 5.74) is 7.21. The van der Waals surface area contributed by atoms with Gasteiger partial charge in [0.05, 0.1) is 15.9 Å². The van der Waals surface area contributed by atoms with Gasteiger partial charge in [0.2, 0.25) is 0 Å². The molecule has 0 amide bonds. The van der Waals surface area contributed by atoms with E-state index in [4.69, 9.17) is 5.73 Å². The van der Waals surface area contributed by atoms with Crippen LogP contribution in [0.2, 0.25) is 0 Å². The summed E-state index contributed by atoms with van der Waals surface area (Å²) in [5, 5.41) is 10.8. The van der Waals surface area contributed by atoms with Crippen molar-refractivity contribution in [2.45, 2.75) is 25.7 Å². The van der Waals surface area contributed by atoms with Gasteiger partial charge in [-0.3, -0.25) is 4.31 Å². The second-order valence-corrected chi connectivity index (χ2v) is 9.39. The maximum Gasteiger partial charge on any atom is 0.265 e. The molecule has 0 saturated heterocycles. The smallest absolute Gasteiger partial charge is 0.265 e. The summed E-state index contributed by atoms with van der Waals surface area (Å²) in [5.74, 6) is 0.0307. The quantitative estimate of drug-likeness (QED) is 0.690. The third kappa shape index (κ3) is 3.22. The van der Waals surface area contributed by atoms with Crippen LogP contribution in [-0.4, -0.2) is 25.1 Å². The molecule has 3 aromatic rings. The molecule has 0 spiro atoms. The Balaban J connectivity index is 2.23. The standard InChI is InChI=1S/C18H21N3O3S2/c1-11(2)10-21(14-8-4-6-12(3)16(14)22)26(23,24)15-9-5-7-13-17(15)25-18(19)20-13/h4-9,11,22H,10H2,1-3H3,(H2,19,20). The molecule has 0 fully saturated rings. The minimum atomic E-state index is -3.91. The van der Waals surface area contributed by atoms with Gasteiger partial charge in [-0.1, -0.05) is 43.4 Å². The van der Waals surface area contributed by atoms with Gasteiger partial charge in [0.1, 0.15) is 10.6 Å². The number of phenolic OH excluding ortho intramolecular Hbond substituents is 1. The molecule has 3 N–H and O–H groups in total. The van der Waals surface area contributed by atoms with Crippen LogP contribution in [0.1, 0.15) is 19.4 Å². The third-order valence-electron chi connectivity index (χ3n) is 3.98. The molecule has 0 aliphatic carbocycles. The number of sulfonamides is 1. The van der Waals surface area contributed by atoms with E-state index in [2.05, 4.69) is 4.98 Å². The first-order chi connectivity index (χ1) is 12.2. The van der Waals surface area contributed by atoms with Gasteiger partial charge < -0.3 is 10.8 Å². The summed E-state index contributed by atoms with van der Waals surface area (Å²) in [6, 6.07) is 10.0. The van der Waals surface area contributed by atoms with Gasteiger partial charge >= 0.3 is 0 Å². The lowest BCUT2D eigenvalue weighted by Crippen LogP contribution is -2.34. The highest BCUT2D eigenvalue weighted by Gasteiger charge is 2.30. The molecule has 0 unspecified atom stereocenters. The fourth-order valence-electron chi connectivity index (χ4n) is 2.77. The van der Waals surface area contributed by atoms with Crippen LogP contribution in [0.15, 0.2) is 41.3 Å². The van der Waals surface area contributed by atoms with Crippen LogP contribution in [0.5, 0.6) is 5.75 Å². The minimum Gasteiger partial charge on any atom is -0.505 e. The lowest BCUT2D eigenvalue weighted by Gasteiger charge is -2.27. The summed E-state index contributed by atoms with van der Waals surface area (Å²) in [6.07, 6.45) is 0. The Kier molecular flexibility index (Phi) is 4.81. The van der Waals surface area contributed by atoms with Crippen molar-refractivity contribution in [1.82, 2.24) is 4.98 Å². The number of benzene rings is 2. The van der Waals surface area contributed by atoms with Crippen molar-refractivity contribution in [2.24, 2.45) is 5.92 Å². The predicted octanol–water partition coefficient (Wildman–Crippen LogP) is 3.74. The molecule has 26 heavy (non-hydrogen) atoms. The van der Waals surface area contributed by atoms with Gasteiger partial charge in [0.25, 0.3) is 10.0 Å². The number of nitrogen functional groups attached to an aromatic ring is 1. The Bertz CT molecular complexity index is 1060. The van der Waals surface area contributed by atoms with Crippen molar-refractivity contribution in [3.05, 3.63) is 42.0 Å². The zero-order valence-corrected chi connectivity index (χ0v) is 16.4. The normalized spacial score (nSPS) is 12.0. The van der Waals surface area contributed by atoms with E-state index in [9.17, 15) is 13.5 Å². The zero-order chi connectivity index (χ0) is 19.1. The number of nitrogens with zero attached hydrogens (tertiary/aromatic N) is 2. The van der Waals surface area contributed by atoms with E-state index in [1.54, 1.807) is 43.3 Å². The average molecular weight is 392 g/mol. The average Bonchev–Trinajstić information content (AvgIpc) is 2.95. The Morgan fingerprint density at radius 3 is 2.62 bits per heavy atom. The summed E-state index contributed by atoms with van der Waals surface area (Å²) >= 11 is 1.14. The van der Waals surface area contributed by atoms with E-state index in [1.165, 1.54) is 4.31 Å². The second-order valence-electron chi connectivity index (χ2n) is 6.53. The molecule has 3 rings (SSSR count). The van der Waals surface area contributed by atoms with Crippen LogP contribution in [0.3, 0.4) is 0 Å². The molecule has 0 aliphatic rings. The van der Waals surface area contributed by atoms with Crippen molar-refractivity contribution in [2.75, 3.05) is 16.6 Å². The number of aryl methyl sites for hydroxylation is 1. The lowest BCUT2D eigenvalue weighted by atomic mass is 10.1. The van der Waals surface area contributed by atoms with Crippen molar-refractivity contribution < 1.29 is 13.5 Å². The number of aromatic hydroxyl groups is 1. The SMILES string of the molecule is Cc1cccc(N(CC(C)C)S(=O)(=O)c2cccc3nc(N)sc23)c1O. The molecule has 0 saturated carbocycles. The van der Waals surface area contributed by atoms with Crippen molar-refractivity contribution in [3.63, 3.8) is 0 Å². The van der Waals surface area contributed by atoms with Gasteiger partial charge in [0.15, 0.2) is 5.13 Å². The van der Waals surface area contributed by atoms with E-state index in [-0.39, 0.29) is 28.8 Å². The Labute approximate surface area is 157 Å². The molecule has 0 bridgehead atoms. The monoisotopic (exact) mass is 391 g/mol. The Morgan fingerprint density at radius 1 is 1.23 bits per heavy atom. The summed E-state index contributed by atoms with van der Waals surface area (Å²) in [4.78, 5) is 4.32. The Hall–Kier alpha value is -2.32. The first-order valence-electron chi connectivity index (χ1n) is 8.18.